The molecule has 0 spiro atoms. The molecule has 0 saturated heterocycles. The highest BCUT2D eigenvalue weighted by molar-refractivity contribution is 7.98. The first kappa shape index (κ1) is 11.9. The van der Waals surface area contributed by atoms with Crippen LogP contribution in [-0.4, -0.2) is 6.61 Å². The van der Waals surface area contributed by atoms with Gasteiger partial charge in [0.1, 0.15) is 11.5 Å². The van der Waals surface area contributed by atoms with Gasteiger partial charge in [-0.1, -0.05) is 0 Å². The number of hydrogen-bond donors (Lipinski definition) is 1. The SMILES string of the molecule is CCOc1cc(N)cc(SCc2ccco2)c1. The third kappa shape index (κ3) is 3.46. The molecule has 3 nitrogen and oxygen atoms in total. The topological polar surface area (TPSA) is 48.4 Å². The molecule has 1 aromatic carbocycles. The first-order chi connectivity index (χ1) is 8.28. The fraction of sp³-hybridized carbons (Fsp3) is 0.231. The number of benzene rings is 1. The van der Waals surface area contributed by atoms with E-state index in [-0.39, 0.29) is 0 Å². The lowest BCUT2D eigenvalue weighted by molar-refractivity contribution is 0.339. The molecule has 0 bridgehead atoms. The third-order valence-electron chi connectivity index (χ3n) is 2.17. The van der Waals surface area contributed by atoms with Crippen LogP contribution in [0.5, 0.6) is 5.75 Å². The maximum Gasteiger partial charge on any atom is 0.122 e. The number of anilines is 1. The molecule has 0 amide bonds. The van der Waals surface area contributed by atoms with Crippen molar-refractivity contribution in [2.75, 3.05) is 12.3 Å². The van der Waals surface area contributed by atoms with Gasteiger partial charge in [0.25, 0.3) is 0 Å². The van der Waals surface area contributed by atoms with E-state index in [0.29, 0.717) is 6.61 Å². The van der Waals surface area contributed by atoms with E-state index in [2.05, 4.69) is 0 Å². The molecule has 0 unspecified atom stereocenters. The summed E-state index contributed by atoms with van der Waals surface area (Å²) < 4.78 is 10.7. The quantitative estimate of drug-likeness (QED) is 0.650. The van der Waals surface area contributed by atoms with Gasteiger partial charge in [-0.05, 0) is 31.2 Å². The number of ether oxygens (including phenoxy) is 1. The highest BCUT2D eigenvalue weighted by atomic mass is 32.2. The monoisotopic (exact) mass is 249 g/mol. The smallest absolute Gasteiger partial charge is 0.122 e. The zero-order chi connectivity index (χ0) is 12.1. The molecule has 4 heteroatoms. The summed E-state index contributed by atoms with van der Waals surface area (Å²) in [6, 6.07) is 9.62. The number of thioether (sulfide) groups is 1. The molecular formula is C13H15NO2S. The molecule has 17 heavy (non-hydrogen) atoms. The number of nitrogens with two attached hydrogens (primary N) is 1. The number of furan rings is 1. The Hall–Kier alpha value is -1.55. The summed E-state index contributed by atoms with van der Waals surface area (Å²) in [5.41, 5.74) is 6.54. The molecule has 0 aliphatic carbocycles. The standard InChI is InChI=1S/C13H15NO2S/c1-2-15-12-6-10(14)7-13(8-12)17-9-11-4-3-5-16-11/h3-8H,2,9,14H2,1H3. The summed E-state index contributed by atoms with van der Waals surface area (Å²) in [5, 5.41) is 0. The van der Waals surface area contributed by atoms with Gasteiger partial charge in [-0.25, -0.2) is 0 Å². The summed E-state index contributed by atoms with van der Waals surface area (Å²) in [7, 11) is 0. The van der Waals surface area contributed by atoms with Gasteiger partial charge < -0.3 is 14.9 Å². The molecule has 2 rings (SSSR count). The van der Waals surface area contributed by atoms with Crippen molar-refractivity contribution in [2.24, 2.45) is 0 Å². The number of nitrogen functional groups attached to an aromatic ring is 1. The lowest BCUT2D eigenvalue weighted by Crippen LogP contribution is -1.93. The molecule has 2 N–H and O–H groups in total. The maximum absolute atomic E-state index is 5.82. The highest BCUT2D eigenvalue weighted by Crippen LogP contribution is 2.29. The Morgan fingerprint density at radius 2 is 2.24 bits per heavy atom. The van der Waals surface area contributed by atoms with Crippen LogP contribution in [0.15, 0.2) is 45.9 Å². The van der Waals surface area contributed by atoms with Crippen LogP contribution >= 0.6 is 11.8 Å². The first-order valence-corrected chi connectivity index (χ1v) is 6.45. The Morgan fingerprint density at radius 1 is 1.35 bits per heavy atom. The molecule has 1 heterocycles. The van der Waals surface area contributed by atoms with Gasteiger partial charge in [0.15, 0.2) is 0 Å². The zero-order valence-electron chi connectivity index (χ0n) is 9.68. The maximum atomic E-state index is 5.82. The molecule has 0 fully saturated rings. The van der Waals surface area contributed by atoms with Gasteiger partial charge in [-0.15, -0.1) is 11.8 Å². The Kier molecular flexibility index (Phi) is 3.98. The summed E-state index contributed by atoms with van der Waals surface area (Å²) >= 11 is 1.68. The lowest BCUT2D eigenvalue weighted by atomic mass is 10.3. The van der Waals surface area contributed by atoms with Gasteiger partial charge in [-0.2, -0.15) is 0 Å². The lowest BCUT2D eigenvalue weighted by Gasteiger charge is -2.07. The number of hydrogen-bond acceptors (Lipinski definition) is 4. The normalized spacial score (nSPS) is 10.4. The van der Waals surface area contributed by atoms with Crippen LogP contribution in [0, 0.1) is 0 Å². The Morgan fingerprint density at radius 3 is 2.94 bits per heavy atom. The largest absolute Gasteiger partial charge is 0.494 e. The van der Waals surface area contributed by atoms with E-state index in [1.807, 2.05) is 37.3 Å². The molecule has 0 saturated carbocycles. The van der Waals surface area contributed by atoms with Crippen LogP contribution in [0.1, 0.15) is 12.7 Å². The number of rotatable bonds is 5. The molecule has 2 aromatic rings. The van der Waals surface area contributed by atoms with Crippen molar-refractivity contribution in [3.63, 3.8) is 0 Å². The predicted octanol–water partition coefficient (Wildman–Crippen LogP) is 3.55. The third-order valence-corrected chi connectivity index (χ3v) is 3.17. The van der Waals surface area contributed by atoms with E-state index in [9.17, 15) is 0 Å². The molecule has 1 aromatic heterocycles. The predicted molar refractivity (Wildman–Crippen MR) is 70.3 cm³/mol. The van der Waals surface area contributed by atoms with E-state index in [0.717, 1.165) is 27.8 Å². The van der Waals surface area contributed by atoms with Crippen molar-refractivity contribution in [3.8, 4) is 5.75 Å². The van der Waals surface area contributed by atoms with Gasteiger partial charge in [0.05, 0.1) is 18.6 Å². The van der Waals surface area contributed by atoms with E-state index in [1.54, 1.807) is 18.0 Å². The van der Waals surface area contributed by atoms with Gasteiger partial charge in [0, 0.05) is 16.6 Å². The van der Waals surface area contributed by atoms with Crippen molar-refractivity contribution in [1.29, 1.82) is 0 Å². The minimum absolute atomic E-state index is 0.645. The van der Waals surface area contributed by atoms with Crippen molar-refractivity contribution in [1.82, 2.24) is 0 Å². The minimum atomic E-state index is 0.645. The Labute approximate surface area is 105 Å². The second-order valence-electron chi connectivity index (χ2n) is 3.54. The fourth-order valence-electron chi connectivity index (χ4n) is 1.48. The van der Waals surface area contributed by atoms with Crippen molar-refractivity contribution in [2.45, 2.75) is 17.6 Å². The van der Waals surface area contributed by atoms with Crippen LogP contribution in [0.2, 0.25) is 0 Å². The van der Waals surface area contributed by atoms with Gasteiger partial charge >= 0.3 is 0 Å². The Bertz CT molecular complexity index is 468. The van der Waals surface area contributed by atoms with E-state index < -0.39 is 0 Å². The highest BCUT2D eigenvalue weighted by Gasteiger charge is 2.02. The second kappa shape index (κ2) is 5.68. The van der Waals surface area contributed by atoms with Crippen molar-refractivity contribution < 1.29 is 9.15 Å². The average Bonchev–Trinajstić information content (AvgIpc) is 2.79. The summed E-state index contributed by atoms with van der Waals surface area (Å²) in [6.07, 6.45) is 1.68. The van der Waals surface area contributed by atoms with Crippen LogP contribution in [0.4, 0.5) is 5.69 Å². The van der Waals surface area contributed by atoms with Gasteiger partial charge in [-0.3, -0.25) is 0 Å². The minimum Gasteiger partial charge on any atom is -0.494 e. The molecule has 0 aliphatic heterocycles. The summed E-state index contributed by atoms with van der Waals surface area (Å²) in [6.45, 7) is 2.60. The van der Waals surface area contributed by atoms with E-state index >= 15 is 0 Å². The van der Waals surface area contributed by atoms with Crippen molar-refractivity contribution in [3.05, 3.63) is 42.4 Å². The van der Waals surface area contributed by atoms with Gasteiger partial charge in [0.2, 0.25) is 0 Å². The summed E-state index contributed by atoms with van der Waals surface area (Å²) in [4.78, 5) is 1.09. The average molecular weight is 249 g/mol. The van der Waals surface area contributed by atoms with E-state index in [4.69, 9.17) is 14.9 Å². The molecule has 0 radical (unpaired) electrons. The molecule has 0 atom stereocenters. The fourth-order valence-corrected chi connectivity index (χ4v) is 2.37. The summed E-state index contributed by atoms with van der Waals surface area (Å²) in [5.74, 6) is 2.56. The molecule has 0 aliphatic rings. The van der Waals surface area contributed by atoms with Crippen LogP contribution in [-0.2, 0) is 5.75 Å². The van der Waals surface area contributed by atoms with Crippen LogP contribution < -0.4 is 10.5 Å². The van der Waals surface area contributed by atoms with E-state index in [1.165, 1.54) is 0 Å². The van der Waals surface area contributed by atoms with Crippen molar-refractivity contribution >= 4 is 17.4 Å². The first-order valence-electron chi connectivity index (χ1n) is 5.46. The molecular weight excluding hydrogens is 234 g/mol. The van der Waals surface area contributed by atoms with Crippen LogP contribution in [0.3, 0.4) is 0 Å². The van der Waals surface area contributed by atoms with Crippen LogP contribution in [0.25, 0.3) is 0 Å². The Balaban J connectivity index is 2.04. The molecule has 90 valence electrons. The second-order valence-corrected chi connectivity index (χ2v) is 4.59. The zero-order valence-corrected chi connectivity index (χ0v) is 10.5.